The predicted octanol–water partition coefficient (Wildman–Crippen LogP) is 1.05. The number of rotatable bonds is 7. The Labute approximate surface area is 125 Å². The minimum Gasteiger partial charge on any atom is -0.481 e. The smallest absolute Gasteiger partial charge is 0.344 e. The van der Waals surface area contributed by atoms with Gasteiger partial charge < -0.3 is 19.3 Å². The SMILES string of the molecule is O=Cc1ccccc1OCC(=O)OCC(=O)Nc1ccon1. The van der Waals surface area contributed by atoms with Crippen molar-refractivity contribution in [1.82, 2.24) is 5.16 Å². The van der Waals surface area contributed by atoms with Crippen molar-refractivity contribution in [3.05, 3.63) is 42.2 Å². The van der Waals surface area contributed by atoms with Crippen molar-refractivity contribution < 1.29 is 28.4 Å². The van der Waals surface area contributed by atoms with E-state index in [-0.39, 0.29) is 11.6 Å². The Morgan fingerprint density at radius 3 is 2.77 bits per heavy atom. The second-order valence-electron chi connectivity index (χ2n) is 4.04. The summed E-state index contributed by atoms with van der Waals surface area (Å²) in [6.07, 6.45) is 1.91. The fourth-order valence-electron chi connectivity index (χ4n) is 1.49. The lowest BCUT2D eigenvalue weighted by atomic mass is 10.2. The number of carbonyl (C=O) groups excluding carboxylic acids is 3. The molecule has 2 rings (SSSR count). The molecule has 0 unspecified atom stereocenters. The van der Waals surface area contributed by atoms with E-state index in [0.29, 0.717) is 11.8 Å². The van der Waals surface area contributed by atoms with Gasteiger partial charge in [-0.15, -0.1) is 0 Å². The maximum Gasteiger partial charge on any atom is 0.344 e. The molecule has 0 bridgehead atoms. The van der Waals surface area contributed by atoms with Crippen LogP contribution in [0.15, 0.2) is 41.1 Å². The van der Waals surface area contributed by atoms with Crippen molar-refractivity contribution in [1.29, 1.82) is 0 Å². The number of benzene rings is 1. The van der Waals surface area contributed by atoms with E-state index in [0.717, 1.165) is 0 Å². The molecule has 0 saturated heterocycles. The van der Waals surface area contributed by atoms with Crippen molar-refractivity contribution in [3.8, 4) is 5.75 Å². The van der Waals surface area contributed by atoms with E-state index in [2.05, 4.69) is 15.0 Å². The third kappa shape index (κ3) is 4.44. The summed E-state index contributed by atoms with van der Waals surface area (Å²) in [6, 6.07) is 7.88. The molecule has 0 aliphatic carbocycles. The number of hydrogen-bond acceptors (Lipinski definition) is 7. The number of para-hydroxylation sites is 1. The quantitative estimate of drug-likeness (QED) is 0.601. The number of anilines is 1. The Bertz CT molecular complexity index is 653. The number of aromatic nitrogens is 1. The molecule has 0 saturated carbocycles. The van der Waals surface area contributed by atoms with Crippen LogP contribution in [0.3, 0.4) is 0 Å². The number of nitrogens with one attached hydrogen (secondary N) is 1. The molecule has 0 radical (unpaired) electrons. The minimum atomic E-state index is -0.740. The number of nitrogens with zero attached hydrogens (tertiary/aromatic N) is 1. The first kappa shape index (κ1) is 15.2. The minimum absolute atomic E-state index is 0.220. The summed E-state index contributed by atoms with van der Waals surface area (Å²) in [5, 5.41) is 5.83. The van der Waals surface area contributed by atoms with Gasteiger partial charge in [0.2, 0.25) is 0 Å². The van der Waals surface area contributed by atoms with E-state index in [1.165, 1.54) is 12.3 Å². The van der Waals surface area contributed by atoms with Gasteiger partial charge in [-0.3, -0.25) is 9.59 Å². The lowest BCUT2D eigenvalue weighted by Crippen LogP contribution is -2.23. The van der Waals surface area contributed by atoms with E-state index in [1.54, 1.807) is 24.3 Å². The summed E-state index contributed by atoms with van der Waals surface area (Å²) in [6.45, 7) is -0.896. The Hall–Kier alpha value is -3.16. The van der Waals surface area contributed by atoms with Crippen LogP contribution in [0.2, 0.25) is 0 Å². The molecule has 114 valence electrons. The lowest BCUT2D eigenvalue weighted by Gasteiger charge is -2.08. The predicted molar refractivity (Wildman–Crippen MR) is 73.4 cm³/mol. The molecular formula is C14H12N2O6. The maximum absolute atomic E-state index is 11.5. The largest absolute Gasteiger partial charge is 0.481 e. The van der Waals surface area contributed by atoms with E-state index in [1.807, 2.05) is 0 Å². The van der Waals surface area contributed by atoms with Gasteiger partial charge in [0.25, 0.3) is 5.91 Å². The highest BCUT2D eigenvalue weighted by molar-refractivity contribution is 5.91. The summed E-state index contributed by atoms with van der Waals surface area (Å²) in [5.74, 6) is -0.815. The monoisotopic (exact) mass is 304 g/mol. The molecular weight excluding hydrogens is 292 g/mol. The molecule has 1 N–H and O–H groups in total. The maximum atomic E-state index is 11.5. The molecule has 1 aromatic carbocycles. The molecule has 0 aliphatic rings. The van der Waals surface area contributed by atoms with Crippen LogP contribution < -0.4 is 10.1 Å². The average Bonchev–Trinajstić information content (AvgIpc) is 3.04. The van der Waals surface area contributed by atoms with Crippen molar-refractivity contribution in [3.63, 3.8) is 0 Å². The Morgan fingerprint density at radius 2 is 2.05 bits per heavy atom. The highest BCUT2D eigenvalue weighted by Gasteiger charge is 2.11. The van der Waals surface area contributed by atoms with Crippen LogP contribution >= 0.6 is 0 Å². The van der Waals surface area contributed by atoms with Gasteiger partial charge in [0.15, 0.2) is 25.3 Å². The second-order valence-corrected chi connectivity index (χ2v) is 4.04. The van der Waals surface area contributed by atoms with Crippen LogP contribution in [0.4, 0.5) is 5.82 Å². The zero-order valence-electron chi connectivity index (χ0n) is 11.4. The third-order valence-electron chi connectivity index (χ3n) is 2.46. The standard InChI is InChI=1S/C14H12N2O6/c17-7-10-3-1-2-4-11(10)20-9-14(19)21-8-13(18)15-12-5-6-22-16-12/h1-7H,8-9H2,(H,15,16,18). The first-order valence-electron chi connectivity index (χ1n) is 6.22. The van der Waals surface area contributed by atoms with Crippen LogP contribution in [-0.4, -0.2) is 36.5 Å². The Morgan fingerprint density at radius 1 is 1.23 bits per heavy atom. The van der Waals surface area contributed by atoms with E-state index < -0.39 is 25.1 Å². The van der Waals surface area contributed by atoms with Gasteiger partial charge in [0.1, 0.15) is 12.0 Å². The highest BCUT2D eigenvalue weighted by Crippen LogP contribution is 2.15. The topological polar surface area (TPSA) is 108 Å². The second kappa shape index (κ2) is 7.58. The van der Waals surface area contributed by atoms with Gasteiger partial charge in [-0.1, -0.05) is 17.3 Å². The van der Waals surface area contributed by atoms with Crippen molar-refractivity contribution in [2.75, 3.05) is 18.5 Å². The summed E-state index contributed by atoms with van der Waals surface area (Å²) in [5.41, 5.74) is 0.319. The Kier molecular flexibility index (Phi) is 5.25. The zero-order valence-corrected chi connectivity index (χ0v) is 11.4. The summed E-state index contributed by atoms with van der Waals surface area (Å²) in [7, 11) is 0. The van der Waals surface area contributed by atoms with E-state index >= 15 is 0 Å². The zero-order chi connectivity index (χ0) is 15.8. The van der Waals surface area contributed by atoms with Crippen LogP contribution in [0, 0.1) is 0 Å². The number of esters is 1. The van der Waals surface area contributed by atoms with Gasteiger partial charge in [-0.25, -0.2) is 4.79 Å². The number of amides is 1. The van der Waals surface area contributed by atoms with Crippen molar-refractivity contribution in [2.24, 2.45) is 0 Å². The van der Waals surface area contributed by atoms with Gasteiger partial charge in [-0.2, -0.15) is 0 Å². The number of aldehydes is 1. The fraction of sp³-hybridized carbons (Fsp3) is 0.143. The molecule has 0 fully saturated rings. The molecule has 0 atom stereocenters. The average molecular weight is 304 g/mol. The molecule has 0 aliphatic heterocycles. The number of carbonyl (C=O) groups is 3. The molecule has 1 heterocycles. The van der Waals surface area contributed by atoms with Gasteiger partial charge in [0.05, 0.1) is 5.56 Å². The molecule has 2 aromatic rings. The van der Waals surface area contributed by atoms with E-state index in [9.17, 15) is 14.4 Å². The molecule has 8 heteroatoms. The fourth-order valence-corrected chi connectivity index (χ4v) is 1.49. The van der Waals surface area contributed by atoms with Crippen LogP contribution in [-0.2, 0) is 14.3 Å². The summed E-state index contributed by atoms with van der Waals surface area (Å²) in [4.78, 5) is 33.7. The first-order valence-corrected chi connectivity index (χ1v) is 6.22. The summed E-state index contributed by atoms with van der Waals surface area (Å²) < 4.78 is 14.4. The number of ether oxygens (including phenoxy) is 2. The molecule has 0 spiro atoms. The van der Waals surface area contributed by atoms with Gasteiger partial charge in [0, 0.05) is 6.07 Å². The molecule has 22 heavy (non-hydrogen) atoms. The molecule has 1 aromatic heterocycles. The molecule has 1 amide bonds. The normalized spacial score (nSPS) is 9.82. The van der Waals surface area contributed by atoms with Crippen molar-refractivity contribution >= 4 is 24.0 Å². The number of hydrogen-bond donors (Lipinski definition) is 1. The third-order valence-corrected chi connectivity index (χ3v) is 2.46. The van der Waals surface area contributed by atoms with Gasteiger partial charge in [-0.05, 0) is 12.1 Å². The highest BCUT2D eigenvalue weighted by atomic mass is 16.6. The van der Waals surface area contributed by atoms with Gasteiger partial charge >= 0.3 is 5.97 Å². The van der Waals surface area contributed by atoms with E-state index in [4.69, 9.17) is 9.47 Å². The summed E-state index contributed by atoms with van der Waals surface area (Å²) >= 11 is 0. The van der Waals surface area contributed by atoms with Crippen LogP contribution in [0.5, 0.6) is 5.75 Å². The van der Waals surface area contributed by atoms with Crippen molar-refractivity contribution in [2.45, 2.75) is 0 Å². The molecule has 8 nitrogen and oxygen atoms in total. The Balaban J connectivity index is 1.74. The lowest BCUT2D eigenvalue weighted by molar-refractivity contribution is -0.149. The van der Waals surface area contributed by atoms with Crippen LogP contribution in [0.25, 0.3) is 0 Å². The van der Waals surface area contributed by atoms with Crippen LogP contribution in [0.1, 0.15) is 10.4 Å². The first-order chi connectivity index (χ1) is 10.7.